The zero-order chi connectivity index (χ0) is 10.3. The first-order valence-electron chi connectivity index (χ1n) is 3.94. The molecule has 0 bridgehead atoms. The first kappa shape index (κ1) is 12.1. The summed E-state index contributed by atoms with van der Waals surface area (Å²) in [7, 11) is 0. The van der Waals surface area contributed by atoms with Crippen molar-refractivity contribution in [2.75, 3.05) is 13.2 Å². The van der Waals surface area contributed by atoms with Gasteiger partial charge in [-0.3, -0.25) is 0 Å². The Morgan fingerprint density at radius 2 is 2.23 bits per heavy atom. The van der Waals surface area contributed by atoms with Crippen LogP contribution < -0.4 is 5.32 Å². The molecule has 13 heavy (non-hydrogen) atoms. The molecule has 0 spiro atoms. The van der Waals surface area contributed by atoms with Gasteiger partial charge in [-0.2, -0.15) is 0 Å². The van der Waals surface area contributed by atoms with Crippen molar-refractivity contribution in [1.29, 1.82) is 0 Å². The third-order valence-corrected chi connectivity index (χ3v) is 1.11. The van der Waals surface area contributed by atoms with Gasteiger partial charge in [-0.05, 0) is 33.0 Å². The summed E-state index contributed by atoms with van der Waals surface area (Å²) >= 11 is 4.35. The van der Waals surface area contributed by atoms with E-state index in [-0.39, 0.29) is 12.1 Å². The molecule has 0 aromatic rings. The van der Waals surface area contributed by atoms with E-state index in [1.165, 1.54) is 0 Å². The third kappa shape index (κ3) is 8.98. The van der Waals surface area contributed by atoms with Crippen LogP contribution in [0.25, 0.3) is 0 Å². The minimum atomic E-state index is -0.438. The number of aliphatic imine (C=N–C) groups is 1. The van der Waals surface area contributed by atoms with E-state index < -0.39 is 6.09 Å². The smallest absolute Gasteiger partial charge is 0.407 e. The highest BCUT2D eigenvalue weighted by atomic mass is 32.1. The Morgan fingerprint density at radius 3 is 2.69 bits per heavy atom. The van der Waals surface area contributed by atoms with Crippen LogP contribution in [-0.4, -0.2) is 29.9 Å². The Hall–Kier alpha value is -0.930. The van der Waals surface area contributed by atoms with Crippen LogP contribution in [0.1, 0.15) is 20.8 Å². The number of thiocarbonyl (C=S) groups is 1. The molecule has 0 aliphatic heterocycles. The lowest BCUT2D eigenvalue weighted by atomic mass is 10.1. The summed E-state index contributed by atoms with van der Waals surface area (Å²) in [6.07, 6.45) is -0.438. The van der Waals surface area contributed by atoms with E-state index in [2.05, 4.69) is 27.7 Å². The summed E-state index contributed by atoms with van der Waals surface area (Å²) in [6.45, 7) is 6.23. The van der Waals surface area contributed by atoms with Crippen LogP contribution in [0.4, 0.5) is 4.79 Å². The second-order valence-corrected chi connectivity index (χ2v) is 3.67. The van der Waals surface area contributed by atoms with Crippen LogP contribution in [-0.2, 0) is 4.74 Å². The lowest BCUT2D eigenvalue weighted by Crippen LogP contribution is -2.41. The van der Waals surface area contributed by atoms with Gasteiger partial charge in [-0.15, -0.1) is 0 Å². The lowest BCUT2D eigenvalue weighted by Gasteiger charge is -2.19. The van der Waals surface area contributed by atoms with E-state index in [1.54, 1.807) is 0 Å². The molecule has 0 aliphatic rings. The molecule has 0 atom stereocenters. The van der Waals surface area contributed by atoms with E-state index >= 15 is 0 Å². The van der Waals surface area contributed by atoms with Crippen molar-refractivity contribution < 1.29 is 9.53 Å². The Labute approximate surface area is 83.4 Å². The van der Waals surface area contributed by atoms with E-state index in [0.717, 1.165) is 0 Å². The normalized spacial score (nSPS) is 10.1. The van der Waals surface area contributed by atoms with Crippen molar-refractivity contribution in [2.24, 2.45) is 4.99 Å². The van der Waals surface area contributed by atoms with Gasteiger partial charge in [0.2, 0.25) is 0 Å². The van der Waals surface area contributed by atoms with Gasteiger partial charge in [-0.1, -0.05) is 0 Å². The molecule has 0 radical (unpaired) electrons. The summed E-state index contributed by atoms with van der Waals surface area (Å²) in [4.78, 5) is 14.6. The van der Waals surface area contributed by atoms with Gasteiger partial charge in [0.15, 0.2) is 0 Å². The van der Waals surface area contributed by atoms with Crippen molar-refractivity contribution in [2.45, 2.75) is 26.3 Å². The average Bonchev–Trinajstić information content (AvgIpc) is 1.94. The Bertz CT molecular complexity index is 217. The maximum atomic E-state index is 11.0. The molecule has 0 fully saturated rings. The van der Waals surface area contributed by atoms with Crippen molar-refractivity contribution >= 4 is 23.5 Å². The summed E-state index contributed by atoms with van der Waals surface area (Å²) in [5.74, 6) is 0. The highest BCUT2D eigenvalue weighted by Crippen LogP contribution is 1.98. The number of amides is 1. The summed E-state index contributed by atoms with van der Waals surface area (Å²) in [6, 6.07) is 0. The Kier molecular flexibility index (Phi) is 5.26. The number of ether oxygens (including phenoxy) is 1. The third-order valence-electron chi connectivity index (χ3n) is 0.978. The van der Waals surface area contributed by atoms with Crippen LogP contribution in [0.2, 0.25) is 0 Å². The standard InChI is InChI=1S/C8H14N2O2S/c1-8(2,3)10-7(11)12-5-4-9-6-13/h4-5H2,1-3H3,(H,10,11). The molecule has 5 heteroatoms. The van der Waals surface area contributed by atoms with E-state index in [4.69, 9.17) is 4.74 Å². The number of nitrogens with zero attached hydrogens (tertiary/aromatic N) is 1. The van der Waals surface area contributed by atoms with Gasteiger partial charge in [0, 0.05) is 5.54 Å². The monoisotopic (exact) mass is 202 g/mol. The predicted octanol–water partition coefficient (Wildman–Crippen LogP) is 1.61. The van der Waals surface area contributed by atoms with E-state index in [9.17, 15) is 4.79 Å². The molecule has 0 rings (SSSR count). The highest BCUT2D eigenvalue weighted by Gasteiger charge is 2.13. The topological polar surface area (TPSA) is 50.7 Å². The van der Waals surface area contributed by atoms with Gasteiger partial charge >= 0.3 is 6.09 Å². The average molecular weight is 202 g/mol. The van der Waals surface area contributed by atoms with Crippen molar-refractivity contribution in [3.8, 4) is 0 Å². The molecular formula is C8H14N2O2S. The van der Waals surface area contributed by atoms with Crippen LogP contribution in [0, 0.1) is 0 Å². The van der Waals surface area contributed by atoms with Crippen molar-refractivity contribution in [3.63, 3.8) is 0 Å². The first-order valence-corrected chi connectivity index (χ1v) is 4.35. The minimum Gasteiger partial charge on any atom is -0.448 e. The number of carbonyl (C=O) groups is 1. The fourth-order valence-electron chi connectivity index (χ4n) is 0.572. The summed E-state index contributed by atoms with van der Waals surface area (Å²) < 4.78 is 4.79. The highest BCUT2D eigenvalue weighted by molar-refractivity contribution is 7.78. The van der Waals surface area contributed by atoms with Gasteiger partial charge in [0.25, 0.3) is 0 Å². The fourth-order valence-corrected chi connectivity index (χ4v) is 0.663. The molecule has 1 N–H and O–H groups in total. The van der Waals surface area contributed by atoms with Crippen LogP contribution in [0.15, 0.2) is 4.99 Å². The first-order chi connectivity index (χ1) is 5.95. The molecule has 0 saturated carbocycles. The van der Waals surface area contributed by atoms with Crippen molar-refractivity contribution in [3.05, 3.63) is 0 Å². The second kappa shape index (κ2) is 5.67. The molecule has 74 valence electrons. The van der Waals surface area contributed by atoms with E-state index in [1.807, 2.05) is 20.8 Å². The molecular weight excluding hydrogens is 188 g/mol. The number of hydrogen-bond acceptors (Lipinski definition) is 4. The second-order valence-electron chi connectivity index (χ2n) is 3.48. The SMILES string of the molecule is CC(C)(C)NC(=O)OCCN=C=S. The quantitative estimate of drug-likeness (QED) is 0.430. The number of nitrogens with one attached hydrogen (secondary N) is 1. The molecule has 0 saturated heterocycles. The molecule has 0 unspecified atom stereocenters. The van der Waals surface area contributed by atoms with Gasteiger partial charge in [0.1, 0.15) is 6.61 Å². The van der Waals surface area contributed by atoms with Gasteiger partial charge in [-0.25, -0.2) is 9.79 Å². The molecule has 0 aromatic carbocycles. The molecule has 0 aromatic heterocycles. The van der Waals surface area contributed by atoms with Gasteiger partial charge in [0.05, 0.1) is 11.7 Å². The maximum absolute atomic E-state index is 11.0. The molecule has 0 aliphatic carbocycles. The molecule has 1 amide bonds. The summed E-state index contributed by atoms with van der Waals surface area (Å²) in [5, 5.41) is 4.83. The number of alkyl carbamates (subject to hydrolysis) is 1. The number of carbonyl (C=O) groups excluding carboxylic acids is 1. The predicted molar refractivity (Wildman–Crippen MR) is 54.1 cm³/mol. The fraction of sp³-hybridized carbons (Fsp3) is 0.750. The van der Waals surface area contributed by atoms with Gasteiger partial charge < -0.3 is 10.1 Å². The Morgan fingerprint density at radius 1 is 1.62 bits per heavy atom. The van der Waals surface area contributed by atoms with Crippen LogP contribution >= 0.6 is 12.2 Å². The molecule has 0 heterocycles. The molecule has 4 nitrogen and oxygen atoms in total. The Balaban J connectivity index is 3.58. The lowest BCUT2D eigenvalue weighted by molar-refractivity contribution is 0.141. The van der Waals surface area contributed by atoms with Crippen molar-refractivity contribution in [1.82, 2.24) is 5.32 Å². The zero-order valence-electron chi connectivity index (χ0n) is 8.09. The maximum Gasteiger partial charge on any atom is 0.407 e. The van der Waals surface area contributed by atoms with Crippen LogP contribution in [0.5, 0.6) is 0 Å². The minimum absolute atomic E-state index is 0.228. The zero-order valence-corrected chi connectivity index (χ0v) is 8.90. The summed E-state index contributed by atoms with van der Waals surface area (Å²) in [5.41, 5.74) is -0.273. The number of hydrogen-bond donors (Lipinski definition) is 1. The largest absolute Gasteiger partial charge is 0.448 e. The van der Waals surface area contributed by atoms with Crippen LogP contribution in [0.3, 0.4) is 0 Å². The van der Waals surface area contributed by atoms with E-state index in [0.29, 0.717) is 6.54 Å². The number of isothiocyanates is 1. The number of rotatable bonds is 3.